The molecular weight excluding hydrogens is 571 g/mol. The van der Waals surface area contributed by atoms with Gasteiger partial charge in [0, 0.05) is 0 Å². The van der Waals surface area contributed by atoms with Crippen molar-refractivity contribution < 1.29 is 26.0 Å². The van der Waals surface area contributed by atoms with E-state index < -0.39 is 43.6 Å². The zero-order valence-electron chi connectivity index (χ0n) is 20.0. The van der Waals surface area contributed by atoms with Crippen molar-refractivity contribution in [3.63, 3.8) is 0 Å². The predicted molar refractivity (Wildman–Crippen MR) is 148 cm³/mol. The first-order valence-corrected chi connectivity index (χ1v) is 13.9. The van der Waals surface area contributed by atoms with Crippen LogP contribution in [-0.4, -0.2) is 8.42 Å². The van der Waals surface area contributed by atoms with E-state index in [0.717, 1.165) is 36.4 Å². The van der Waals surface area contributed by atoms with Gasteiger partial charge in [0.25, 0.3) is 0 Å². The molecule has 0 fully saturated rings. The summed E-state index contributed by atoms with van der Waals surface area (Å²) in [4.78, 5) is 0. The van der Waals surface area contributed by atoms with E-state index in [4.69, 9.17) is 23.2 Å². The third-order valence-corrected chi connectivity index (χ3v) is 8.86. The molecule has 4 rings (SSSR count). The van der Waals surface area contributed by atoms with Gasteiger partial charge in [-0.25, -0.2) is 26.0 Å². The maximum atomic E-state index is 14.2. The summed E-state index contributed by atoms with van der Waals surface area (Å²) in [7, 11) is -4.23. The van der Waals surface area contributed by atoms with Gasteiger partial charge in [-0.15, -0.1) is 0 Å². The van der Waals surface area contributed by atoms with Crippen molar-refractivity contribution in [1.82, 2.24) is 0 Å². The average Bonchev–Trinajstić information content (AvgIpc) is 2.88. The third kappa shape index (κ3) is 6.98. The summed E-state index contributed by atoms with van der Waals surface area (Å²) >= 11 is 12.3. The van der Waals surface area contributed by atoms with E-state index in [1.807, 2.05) is 0 Å². The summed E-state index contributed by atoms with van der Waals surface area (Å²) in [6, 6.07) is 17.3. The molecule has 0 radical (unpaired) electrons. The molecule has 2 nitrogen and oxygen atoms in total. The second-order valence-electron chi connectivity index (χ2n) is 8.58. The standard InChI is InChI=1S/C30H20Cl2F4O2S/c31-27-17-25(35)13-1-19(27)7-15-29(21-3-9-23(33)10-4-21)39(37,38)30(22-5-11-24(34)12-6-22)16-8-20-2-14-26(36)18-28(20)32/h1-18,29-30H. The van der Waals surface area contributed by atoms with Gasteiger partial charge in [0.05, 0.1) is 10.0 Å². The molecule has 9 heteroatoms. The van der Waals surface area contributed by atoms with Crippen molar-refractivity contribution in [3.8, 4) is 0 Å². The van der Waals surface area contributed by atoms with Gasteiger partial charge in [0.1, 0.15) is 33.8 Å². The highest BCUT2D eigenvalue weighted by Crippen LogP contribution is 2.38. The molecule has 2 atom stereocenters. The van der Waals surface area contributed by atoms with E-state index in [2.05, 4.69) is 0 Å². The Bertz CT molecular complexity index is 1520. The van der Waals surface area contributed by atoms with Crippen LogP contribution in [0.25, 0.3) is 12.2 Å². The quantitative estimate of drug-likeness (QED) is 0.192. The van der Waals surface area contributed by atoms with Crippen molar-refractivity contribution in [2.45, 2.75) is 10.5 Å². The van der Waals surface area contributed by atoms with Gasteiger partial charge in [0.2, 0.25) is 0 Å². The minimum absolute atomic E-state index is 0.0717. The van der Waals surface area contributed by atoms with Gasteiger partial charge >= 0.3 is 0 Å². The second-order valence-corrected chi connectivity index (χ2v) is 11.6. The zero-order valence-corrected chi connectivity index (χ0v) is 22.4. The smallest absolute Gasteiger partial charge is 0.171 e. The van der Waals surface area contributed by atoms with Crippen LogP contribution in [0.15, 0.2) is 97.1 Å². The summed E-state index contributed by atoms with van der Waals surface area (Å²) in [5.41, 5.74) is 1.25. The lowest BCUT2D eigenvalue weighted by molar-refractivity contribution is 0.583. The van der Waals surface area contributed by atoms with Gasteiger partial charge in [-0.2, -0.15) is 0 Å². The molecule has 200 valence electrons. The first kappa shape index (κ1) is 28.6. The first-order chi connectivity index (χ1) is 18.5. The van der Waals surface area contributed by atoms with Crippen LogP contribution in [0.5, 0.6) is 0 Å². The van der Waals surface area contributed by atoms with E-state index >= 15 is 0 Å². The van der Waals surface area contributed by atoms with Crippen LogP contribution < -0.4 is 0 Å². The fraction of sp³-hybridized carbons (Fsp3) is 0.0667. The molecule has 0 N–H and O–H groups in total. The summed E-state index contributed by atoms with van der Waals surface area (Å²) in [6.07, 6.45) is 5.62. The van der Waals surface area contributed by atoms with E-state index in [9.17, 15) is 26.0 Å². The molecule has 4 aromatic rings. The first-order valence-electron chi connectivity index (χ1n) is 11.5. The van der Waals surface area contributed by atoms with Gasteiger partial charge in [-0.3, -0.25) is 0 Å². The van der Waals surface area contributed by atoms with Crippen LogP contribution in [0, 0.1) is 23.3 Å². The predicted octanol–water partition coefficient (Wildman–Crippen LogP) is 9.17. The second kappa shape index (κ2) is 12.2. The lowest BCUT2D eigenvalue weighted by Crippen LogP contribution is -2.19. The fourth-order valence-electron chi connectivity index (χ4n) is 3.94. The molecule has 0 saturated carbocycles. The Morgan fingerprint density at radius 3 is 1.21 bits per heavy atom. The van der Waals surface area contributed by atoms with Crippen molar-refractivity contribution in [3.05, 3.63) is 153 Å². The molecular formula is C30H20Cl2F4O2S. The van der Waals surface area contributed by atoms with E-state index in [0.29, 0.717) is 11.1 Å². The van der Waals surface area contributed by atoms with Crippen molar-refractivity contribution in [2.75, 3.05) is 0 Å². The Kier molecular flexibility index (Phi) is 8.95. The molecule has 0 aliphatic heterocycles. The van der Waals surface area contributed by atoms with Gasteiger partial charge in [-0.05, 0) is 70.8 Å². The van der Waals surface area contributed by atoms with Gasteiger partial charge < -0.3 is 0 Å². The van der Waals surface area contributed by atoms with Crippen molar-refractivity contribution in [2.24, 2.45) is 0 Å². The zero-order chi connectivity index (χ0) is 28.2. The van der Waals surface area contributed by atoms with Crippen LogP contribution in [0.1, 0.15) is 32.8 Å². The van der Waals surface area contributed by atoms with Crippen molar-refractivity contribution >= 4 is 45.2 Å². The SMILES string of the molecule is O=S(=O)(C(C=Cc1ccc(F)cc1Cl)c1ccc(F)cc1)C(C=Cc1ccc(F)cc1Cl)c1ccc(F)cc1. The molecule has 2 unspecified atom stereocenters. The third-order valence-electron chi connectivity index (χ3n) is 5.93. The number of halogens is 6. The Morgan fingerprint density at radius 2 is 0.872 bits per heavy atom. The molecule has 0 saturated heterocycles. The van der Waals surface area contributed by atoms with Crippen LogP contribution in [-0.2, 0) is 9.84 Å². The number of sulfone groups is 1. The normalized spacial score (nSPS) is 13.7. The Balaban J connectivity index is 1.85. The largest absolute Gasteiger partial charge is 0.227 e. The van der Waals surface area contributed by atoms with E-state index in [1.54, 1.807) is 0 Å². The average molecular weight is 591 g/mol. The lowest BCUT2D eigenvalue weighted by atomic mass is 10.1. The van der Waals surface area contributed by atoms with Crippen LogP contribution in [0.3, 0.4) is 0 Å². The number of rotatable bonds is 8. The minimum atomic E-state index is -4.23. The maximum absolute atomic E-state index is 14.2. The monoisotopic (exact) mass is 590 g/mol. The Morgan fingerprint density at radius 1 is 0.538 bits per heavy atom. The topological polar surface area (TPSA) is 34.1 Å². The molecule has 0 aliphatic rings. The lowest BCUT2D eigenvalue weighted by Gasteiger charge is -2.22. The summed E-state index contributed by atoms with van der Waals surface area (Å²) < 4.78 is 83.0. The molecule has 0 aromatic heterocycles. The van der Waals surface area contributed by atoms with Crippen LogP contribution in [0.4, 0.5) is 17.6 Å². The highest BCUT2D eigenvalue weighted by atomic mass is 35.5. The number of hydrogen-bond donors (Lipinski definition) is 0. The van der Waals surface area contributed by atoms with Crippen molar-refractivity contribution in [1.29, 1.82) is 0 Å². The highest BCUT2D eigenvalue weighted by Gasteiger charge is 2.33. The Hall–Kier alpha value is -3.39. The highest BCUT2D eigenvalue weighted by molar-refractivity contribution is 7.92. The van der Waals surface area contributed by atoms with E-state index in [-0.39, 0.29) is 21.2 Å². The summed E-state index contributed by atoms with van der Waals surface area (Å²) in [5.74, 6) is -2.22. The molecule has 0 amide bonds. The van der Waals surface area contributed by atoms with Gasteiger partial charge in [-0.1, -0.05) is 83.9 Å². The Labute approximate surface area is 233 Å². The number of hydrogen-bond acceptors (Lipinski definition) is 2. The molecule has 4 aromatic carbocycles. The van der Waals surface area contributed by atoms with Gasteiger partial charge in [0.15, 0.2) is 9.84 Å². The summed E-state index contributed by atoms with van der Waals surface area (Å²) in [6.45, 7) is 0. The molecule has 0 spiro atoms. The maximum Gasteiger partial charge on any atom is 0.171 e. The minimum Gasteiger partial charge on any atom is -0.227 e. The molecule has 0 heterocycles. The fourth-order valence-corrected chi connectivity index (χ4v) is 6.38. The summed E-state index contributed by atoms with van der Waals surface area (Å²) in [5, 5.41) is -2.49. The molecule has 0 aliphatic carbocycles. The molecule has 39 heavy (non-hydrogen) atoms. The van der Waals surface area contributed by atoms with Crippen LogP contribution >= 0.6 is 23.2 Å². The molecule has 0 bridgehead atoms. The van der Waals surface area contributed by atoms with E-state index in [1.165, 1.54) is 72.8 Å². The van der Waals surface area contributed by atoms with Crippen LogP contribution in [0.2, 0.25) is 10.0 Å². The number of benzene rings is 4.